The minimum atomic E-state index is -0.204. The van der Waals surface area contributed by atoms with Crippen LogP contribution in [0.5, 0.6) is 0 Å². The van der Waals surface area contributed by atoms with Crippen molar-refractivity contribution in [1.29, 1.82) is 0 Å². The van der Waals surface area contributed by atoms with Crippen molar-refractivity contribution >= 4 is 26.9 Å². The van der Waals surface area contributed by atoms with Crippen molar-refractivity contribution in [1.82, 2.24) is 4.81 Å². The highest BCUT2D eigenvalue weighted by Crippen LogP contribution is 2.41. The molecule has 0 saturated carbocycles. The molecule has 1 aliphatic heterocycles. The van der Waals surface area contributed by atoms with Crippen LogP contribution in [0.4, 0.5) is 0 Å². The van der Waals surface area contributed by atoms with Crippen LogP contribution in [0.3, 0.4) is 0 Å². The van der Waals surface area contributed by atoms with Gasteiger partial charge in [0, 0.05) is 14.2 Å². The number of nitrogens with zero attached hydrogens (tertiary/aromatic N) is 1. The van der Waals surface area contributed by atoms with Crippen LogP contribution in [0, 0.1) is 11.3 Å². The lowest BCUT2D eigenvalue weighted by Gasteiger charge is -2.33. The SMILES string of the molecule is [B][B]N1C(=O)CC(C(C)(CC)CCC)C1=O. The van der Waals surface area contributed by atoms with Gasteiger partial charge in [-0.25, -0.2) is 0 Å². The molecule has 2 atom stereocenters. The zero-order chi connectivity index (χ0) is 12.3. The van der Waals surface area contributed by atoms with E-state index in [4.69, 9.17) is 7.74 Å². The third kappa shape index (κ3) is 2.18. The Labute approximate surface area is 99.6 Å². The highest BCUT2D eigenvalue weighted by Gasteiger charge is 2.46. The van der Waals surface area contributed by atoms with E-state index >= 15 is 0 Å². The molecule has 1 aliphatic rings. The molecule has 0 aromatic heterocycles. The first-order valence-electron chi connectivity index (χ1n) is 5.91. The summed E-state index contributed by atoms with van der Waals surface area (Å²) in [5.41, 5.74) is -0.0841. The van der Waals surface area contributed by atoms with E-state index < -0.39 is 0 Å². The first kappa shape index (κ1) is 13.3. The standard InChI is InChI=1S/C11H18B2NO2/c1-4-6-11(3,5-2)8-7-9(15)14(13-12)10(8)16/h8H,4-7H2,1-3H3. The van der Waals surface area contributed by atoms with E-state index in [1.807, 2.05) is 0 Å². The molecule has 2 unspecified atom stereocenters. The van der Waals surface area contributed by atoms with Crippen LogP contribution in [0.15, 0.2) is 0 Å². The van der Waals surface area contributed by atoms with Crippen molar-refractivity contribution < 1.29 is 9.59 Å². The van der Waals surface area contributed by atoms with Crippen LogP contribution in [-0.4, -0.2) is 31.7 Å². The molecule has 1 rings (SSSR count). The van der Waals surface area contributed by atoms with E-state index in [0.29, 0.717) is 6.42 Å². The molecule has 0 aromatic rings. The van der Waals surface area contributed by atoms with Crippen LogP contribution in [-0.2, 0) is 9.59 Å². The van der Waals surface area contributed by atoms with Gasteiger partial charge < -0.3 is 4.81 Å². The number of imide groups is 1. The summed E-state index contributed by atoms with van der Waals surface area (Å²) in [7, 11) is 6.38. The Morgan fingerprint density at radius 1 is 1.50 bits per heavy atom. The van der Waals surface area contributed by atoms with E-state index in [-0.39, 0.29) is 23.1 Å². The fraction of sp³-hybridized carbons (Fsp3) is 0.818. The zero-order valence-corrected chi connectivity index (χ0v) is 10.3. The van der Waals surface area contributed by atoms with Crippen LogP contribution in [0.25, 0.3) is 0 Å². The molecular weight excluding hydrogens is 200 g/mol. The molecule has 3 nitrogen and oxygen atoms in total. The maximum atomic E-state index is 12.0. The predicted molar refractivity (Wildman–Crippen MR) is 64.8 cm³/mol. The lowest BCUT2D eigenvalue weighted by molar-refractivity contribution is -0.135. The lowest BCUT2D eigenvalue weighted by Crippen LogP contribution is -2.38. The van der Waals surface area contributed by atoms with Crippen LogP contribution < -0.4 is 0 Å². The van der Waals surface area contributed by atoms with Gasteiger partial charge in [0.05, 0.1) is 5.92 Å². The largest absolute Gasteiger partial charge is 0.344 e. The van der Waals surface area contributed by atoms with Gasteiger partial charge >= 0.3 is 0 Å². The smallest absolute Gasteiger partial charge is 0.220 e. The highest BCUT2D eigenvalue weighted by molar-refractivity contribution is 6.90. The van der Waals surface area contributed by atoms with E-state index in [0.717, 1.165) is 31.4 Å². The summed E-state index contributed by atoms with van der Waals surface area (Å²) in [5.74, 6) is -0.511. The third-order valence-corrected chi connectivity index (χ3v) is 3.80. The predicted octanol–water partition coefficient (Wildman–Crippen LogP) is 1.28. The number of carbonyl (C=O) groups is 2. The normalized spacial score (nSPS) is 24.7. The second-order valence-corrected chi connectivity index (χ2v) is 4.77. The van der Waals surface area contributed by atoms with Crippen molar-refractivity contribution in [2.24, 2.45) is 11.3 Å². The molecule has 85 valence electrons. The number of carbonyl (C=O) groups excluding carboxylic acids is 2. The molecule has 16 heavy (non-hydrogen) atoms. The Hall–Kier alpha value is -0.730. The lowest BCUT2D eigenvalue weighted by atomic mass is 9.65. The van der Waals surface area contributed by atoms with Crippen molar-refractivity contribution in [3.05, 3.63) is 0 Å². The maximum Gasteiger partial charge on any atom is 0.220 e. The average Bonchev–Trinajstić information content (AvgIpc) is 2.54. The number of amides is 2. The topological polar surface area (TPSA) is 37.4 Å². The molecule has 0 bridgehead atoms. The summed E-state index contributed by atoms with van der Waals surface area (Å²) >= 11 is 0. The highest BCUT2D eigenvalue weighted by atomic mass is 16.2. The van der Waals surface area contributed by atoms with E-state index in [2.05, 4.69) is 20.8 Å². The molecule has 2 amide bonds. The van der Waals surface area contributed by atoms with Gasteiger partial charge in [0.15, 0.2) is 7.31 Å². The maximum absolute atomic E-state index is 12.0. The van der Waals surface area contributed by atoms with E-state index in [9.17, 15) is 9.59 Å². The summed E-state index contributed by atoms with van der Waals surface area (Å²) in [5, 5.41) is 0. The Bertz CT molecular complexity index is 296. The van der Waals surface area contributed by atoms with E-state index in [1.165, 1.54) is 0 Å². The third-order valence-electron chi connectivity index (χ3n) is 3.80. The summed E-state index contributed by atoms with van der Waals surface area (Å²) in [6, 6.07) is 0. The van der Waals surface area contributed by atoms with Gasteiger partial charge in [-0.2, -0.15) is 0 Å². The molecule has 3 radical (unpaired) electrons. The van der Waals surface area contributed by atoms with Crippen molar-refractivity contribution in [3.63, 3.8) is 0 Å². The fourth-order valence-electron chi connectivity index (χ4n) is 2.52. The Morgan fingerprint density at radius 2 is 2.12 bits per heavy atom. The fourth-order valence-corrected chi connectivity index (χ4v) is 2.52. The van der Waals surface area contributed by atoms with Gasteiger partial charge in [-0.05, 0) is 18.3 Å². The van der Waals surface area contributed by atoms with Crippen molar-refractivity contribution in [3.8, 4) is 0 Å². The molecule has 0 aliphatic carbocycles. The van der Waals surface area contributed by atoms with Crippen LogP contribution in [0.1, 0.15) is 46.5 Å². The monoisotopic (exact) mass is 218 g/mol. The summed E-state index contributed by atoms with van der Waals surface area (Å²) in [4.78, 5) is 24.7. The molecule has 0 N–H and O–H groups in total. The average molecular weight is 218 g/mol. The molecule has 0 aromatic carbocycles. The molecule has 5 heteroatoms. The minimum Gasteiger partial charge on any atom is -0.344 e. The quantitative estimate of drug-likeness (QED) is 0.514. The summed E-state index contributed by atoms with van der Waals surface area (Å²) in [6.45, 7) is 6.26. The number of hydrogen-bond donors (Lipinski definition) is 0. The van der Waals surface area contributed by atoms with Gasteiger partial charge in [0.1, 0.15) is 0 Å². The van der Waals surface area contributed by atoms with Gasteiger partial charge in [-0.15, -0.1) is 0 Å². The van der Waals surface area contributed by atoms with Crippen LogP contribution in [0.2, 0.25) is 0 Å². The molecule has 1 saturated heterocycles. The Kier molecular flexibility index (Phi) is 4.22. The molecular formula is C11H18B2NO2. The molecule has 1 heterocycles. The second kappa shape index (κ2) is 5.07. The molecule has 0 spiro atoms. The Balaban J connectivity index is 2.89. The van der Waals surface area contributed by atoms with Crippen molar-refractivity contribution in [2.45, 2.75) is 46.5 Å². The first-order valence-corrected chi connectivity index (χ1v) is 5.91. The first-order chi connectivity index (χ1) is 7.50. The van der Waals surface area contributed by atoms with Crippen LogP contribution >= 0.6 is 0 Å². The number of rotatable bonds is 5. The Morgan fingerprint density at radius 3 is 2.50 bits per heavy atom. The van der Waals surface area contributed by atoms with Crippen molar-refractivity contribution in [2.75, 3.05) is 0 Å². The van der Waals surface area contributed by atoms with Gasteiger partial charge in [0.2, 0.25) is 11.8 Å². The second-order valence-electron chi connectivity index (χ2n) is 4.77. The molecule has 1 fully saturated rings. The number of hydrogen-bond acceptors (Lipinski definition) is 2. The minimum absolute atomic E-state index is 0.0841. The summed E-state index contributed by atoms with van der Waals surface area (Å²) in [6.07, 6.45) is 3.19. The summed E-state index contributed by atoms with van der Waals surface area (Å²) < 4.78 is 0. The zero-order valence-electron chi connectivity index (χ0n) is 10.3. The van der Waals surface area contributed by atoms with Gasteiger partial charge in [0.25, 0.3) is 0 Å². The van der Waals surface area contributed by atoms with E-state index in [1.54, 1.807) is 0 Å². The van der Waals surface area contributed by atoms with Gasteiger partial charge in [-0.3, -0.25) is 9.59 Å². The van der Waals surface area contributed by atoms with Gasteiger partial charge in [-0.1, -0.05) is 27.2 Å².